The summed E-state index contributed by atoms with van der Waals surface area (Å²) in [5.41, 5.74) is 0. The Balaban J connectivity index is 1.78. The first-order valence-corrected chi connectivity index (χ1v) is 7.56. The molecule has 1 fully saturated rings. The average Bonchev–Trinajstić information content (AvgIpc) is 2.82. The number of ether oxygens (including phenoxy) is 1. The Kier molecular flexibility index (Phi) is 3.94. The fraction of sp³-hybridized carbons (Fsp3) is 0.188. The Morgan fingerprint density at radius 3 is 2.50 bits per heavy atom. The molecule has 0 saturated carbocycles. The Bertz CT molecular complexity index is 771. The monoisotopic (exact) mass is 361 g/mol. The molecule has 2 aromatic carbocycles. The van der Waals surface area contributed by atoms with Gasteiger partial charge in [0.25, 0.3) is 0 Å². The van der Waals surface area contributed by atoms with E-state index in [1.54, 1.807) is 6.07 Å². The molecule has 0 spiro atoms. The van der Waals surface area contributed by atoms with E-state index in [2.05, 4.69) is 15.9 Å². The van der Waals surface area contributed by atoms with Gasteiger partial charge in [0, 0.05) is 12.8 Å². The number of imide groups is 1. The van der Waals surface area contributed by atoms with Gasteiger partial charge in [-0.25, -0.2) is 4.79 Å². The van der Waals surface area contributed by atoms with Crippen LogP contribution in [0, 0.1) is 0 Å². The molecule has 3 rings (SSSR count). The second-order valence-electron chi connectivity index (χ2n) is 4.95. The van der Waals surface area contributed by atoms with Crippen molar-refractivity contribution in [3.05, 3.63) is 40.9 Å². The van der Waals surface area contributed by atoms with E-state index >= 15 is 0 Å². The normalized spacial score (nSPS) is 14.7. The maximum absolute atomic E-state index is 12.0. The highest BCUT2D eigenvalue weighted by atomic mass is 79.9. The first-order valence-electron chi connectivity index (χ1n) is 6.77. The van der Waals surface area contributed by atoms with Crippen molar-refractivity contribution < 1.29 is 19.1 Å². The van der Waals surface area contributed by atoms with Crippen LogP contribution < -0.4 is 4.74 Å². The average molecular weight is 362 g/mol. The highest BCUT2D eigenvalue weighted by Gasteiger charge is 2.31. The molecular formula is C16H12BrNO4. The lowest BCUT2D eigenvalue weighted by Crippen LogP contribution is -2.36. The van der Waals surface area contributed by atoms with E-state index in [0.717, 1.165) is 15.7 Å². The molecule has 22 heavy (non-hydrogen) atoms. The lowest BCUT2D eigenvalue weighted by molar-refractivity contribution is -0.147. The number of benzene rings is 2. The molecule has 1 aliphatic rings. The summed E-state index contributed by atoms with van der Waals surface area (Å²) in [5, 5.41) is 1.93. The number of esters is 1. The largest absolute Gasteiger partial charge is 0.424 e. The fourth-order valence-corrected chi connectivity index (χ4v) is 2.95. The van der Waals surface area contributed by atoms with Crippen LogP contribution >= 0.6 is 15.9 Å². The third kappa shape index (κ3) is 2.74. The number of carbonyl (C=O) groups is 3. The summed E-state index contributed by atoms with van der Waals surface area (Å²) in [6.07, 6.45) is 0.317. The molecule has 1 aliphatic heterocycles. The number of likely N-dealkylation sites (tertiary alicyclic amines) is 1. The molecule has 0 atom stereocenters. The van der Waals surface area contributed by atoms with Crippen LogP contribution in [0.5, 0.6) is 5.75 Å². The molecule has 1 saturated heterocycles. The maximum atomic E-state index is 12.0. The number of fused-ring (bicyclic) bond motifs is 1. The van der Waals surface area contributed by atoms with Crippen LogP contribution in [0.25, 0.3) is 10.8 Å². The molecule has 2 aromatic rings. The van der Waals surface area contributed by atoms with Crippen molar-refractivity contribution >= 4 is 44.5 Å². The van der Waals surface area contributed by atoms with Gasteiger partial charge in [0.05, 0.1) is 4.47 Å². The number of hydrogen-bond donors (Lipinski definition) is 0. The maximum Gasteiger partial charge on any atom is 0.331 e. The van der Waals surface area contributed by atoms with E-state index in [-0.39, 0.29) is 31.2 Å². The van der Waals surface area contributed by atoms with Gasteiger partial charge in [-0.05, 0) is 32.8 Å². The van der Waals surface area contributed by atoms with Gasteiger partial charge in [-0.3, -0.25) is 14.5 Å². The molecule has 112 valence electrons. The lowest BCUT2D eigenvalue weighted by atomic mass is 10.1. The molecule has 1 heterocycles. The van der Waals surface area contributed by atoms with Crippen molar-refractivity contribution in [2.75, 3.05) is 6.54 Å². The van der Waals surface area contributed by atoms with Gasteiger partial charge in [-0.2, -0.15) is 0 Å². The Hall–Kier alpha value is -2.21. The zero-order chi connectivity index (χ0) is 15.7. The van der Waals surface area contributed by atoms with Gasteiger partial charge < -0.3 is 4.74 Å². The van der Waals surface area contributed by atoms with Crippen LogP contribution in [0.3, 0.4) is 0 Å². The Morgan fingerprint density at radius 2 is 1.77 bits per heavy atom. The molecule has 2 amide bonds. The van der Waals surface area contributed by atoms with Crippen molar-refractivity contribution in [3.63, 3.8) is 0 Å². The van der Waals surface area contributed by atoms with Crippen molar-refractivity contribution in [1.29, 1.82) is 0 Å². The fourth-order valence-electron chi connectivity index (χ4n) is 2.38. The quantitative estimate of drug-likeness (QED) is 0.479. The summed E-state index contributed by atoms with van der Waals surface area (Å²) in [6.45, 7) is -0.350. The summed E-state index contributed by atoms with van der Waals surface area (Å²) < 4.78 is 5.94. The second kappa shape index (κ2) is 5.88. The highest BCUT2D eigenvalue weighted by Crippen LogP contribution is 2.33. The predicted molar refractivity (Wildman–Crippen MR) is 83.2 cm³/mol. The minimum Gasteiger partial charge on any atom is -0.424 e. The van der Waals surface area contributed by atoms with Crippen molar-refractivity contribution in [1.82, 2.24) is 4.90 Å². The summed E-state index contributed by atoms with van der Waals surface area (Å²) in [7, 11) is 0. The standard InChI is InChI=1S/C16H12BrNO4/c17-16-11-4-2-1-3-10(11)5-6-12(16)22-15(21)9-18-13(19)7-8-14(18)20/h1-6H,7-9H2. The minimum atomic E-state index is -0.639. The third-order valence-electron chi connectivity index (χ3n) is 3.49. The molecule has 0 unspecified atom stereocenters. The SMILES string of the molecule is O=C(CN1C(=O)CCC1=O)Oc1ccc2ccccc2c1Br. The van der Waals surface area contributed by atoms with E-state index in [9.17, 15) is 14.4 Å². The Morgan fingerprint density at radius 1 is 1.09 bits per heavy atom. The van der Waals surface area contributed by atoms with Crippen LogP contribution in [0.4, 0.5) is 0 Å². The van der Waals surface area contributed by atoms with E-state index < -0.39 is 5.97 Å². The smallest absolute Gasteiger partial charge is 0.331 e. The van der Waals surface area contributed by atoms with Gasteiger partial charge >= 0.3 is 5.97 Å². The topological polar surface area (TPSA) is 63.7 Å². The molecular weight excluding hydrogens is 350 g/mol. The number of hydrogen-bond acceptors (Lipinski definition) is 4. The van der Waals surface area contributed by atoms with Crippen LogP contribution in [0.1, 0.15) is 12.8 Å². The summed E-state index contributed by atoms with van der Waals surface area (Å²) in [4.78, 5) is 35.9. The van der Waals surface area contributed by atoms with E-state index in [1.165, 1.54) is 0 Å². The van der Waals surface area contributed by atoms with E-state index in [1.807, 2.05) is 30.3 Å². The molecule has 0 aromatic heterocycles. The second-order valence-corrected chi connectivity index (χ2v) is 5.74. The van der Waals surface area contributed by atoms with Gasteiger partial charge in [0.2, 0.25) is 11.8 Å². The van der Waals surface area contributed by atoms with Gasteiger partial charge in [0.15, 0.2) is 0 Å². The summed E-state index contributed by atoms with van der Waals surface area (Å²) in [6, 6.07) is 11.2. The van der Waals surface area contributed by atoms with Gasteiger partial charge in [0.1, 0.15) is 12.3 Å². The van der Waals surface area contributed by atoms with Gasteiger partial charge in [-0.1, -0.05) is 30.3 Å². The first kappa shape index (κ1) is 14.7. The number of carbonyl (C=O) groups excluding carboxylic acids is 3. The van der Waals surface area contributed by atoms with E-state index in [4.69, 9.17) is 4.74 Å². The molecule has 6 heteroatoms. The van der Waals surface area contributed by atoms with Crippen LogP contribution in [-0.4, -0.2) is 29.2 Å². The summed E-state index contributed by atoms with van der Waals surface area (Å²) in [5.74, 6) is -0.943. The van der Waals surface area contributed by atoms with Crippen molar-refractivity contribution in [2.24, 2.45) is 0 Å². The van der Waals surface area contributed by atoms with Crippen molar-refractivity contribution in [2.45, 2.75) is 12.8 Å². The van der Waals surface area contributed by atoms with Crippen LogP contribution in [0.15, 0.2) is 40.9 Å². The summed E-state index contributed by atoms with van der Waals surface area (Å²) >= 11 is 3.42. The zero-order valence-corrected chi connectivity index (χ0v) is 13.1. The highest BCUT2D eigenvalue weighted by molar-refractivity contribution is 9.10. The minimum absolute atomic E-state index is 0.159. The van der Waals surface area contributed by atoms with Crippen molar-refractivity contribution in [3.8, 4) is 5.75 Å². The first-order chi connectivity index (χ1) is 10.6. The van der Waals surface area contributed by atoms with Crippen LogP contribution in [-0.2, 0) is 14.4 Å². The molecule has 0 aliphatic carbocycles. The number of rotatable bonds is 3. The van der Waals surface area contributed by atoms with Gasteiger partial charge in [-0.15, -0.1) is 0 Å². The predicted octanol–water partition coefficient (Wildman–Crippen LogP) is 2.66. The third-order valence-corrected chi connectivity index (χ3v) is 4.31. The molecule has 0 N–H and O–H groups in total. The molecule has 0 radical (unpaired) electrons. The molecule has 0 bridgehead atoms. The number of halogens is 1. The number of amides is 2. The van der Waals surface area contributed by atoms with E-state index in [0.29, 0.717) is 10.2 Å². The number of nitrogens with zero attached hydrogens (tertiary/aromatic N) is 1. The lowest BCUT2D eigenvalue weighted by Gasteiger charge is -2.14. The zero-order valence-electron chi connectivity index (χ0n) is 11.5. The van der Waals surface area contributed by atoms with Crippen LogP contribution in [0.2, 0.25) is 0 Å². The molecule has 5 nitrogen and oxygen atoms in total. The Labute approximate surface area is 135 Å².